The van der Waals surface area contributed by atoms with Crippen LogP contribution in [0.2, 0.25) is 0 Å². The summed E-state index contributed by atoms with van der Waals surface area (Å²) < 4.78 is 11.8. The largest absolute Gasteiger partial charge is 0.503 e. The maximum Gasteiger partial charge on any atom is 0.307 e. The van der Waals surface area contributed by atoms with Crippen molar-refractivity contribution in [3.8, 4) is 5.75 Å². The number of amides is 1. The molecular weight excluding hydrogens is 542 g/mol. The molecule has 0 spiro atoms. The van der Waals surface area contributed by atoms with E-state index in [2.05, 4.69) is 15.9 Å². The molecule has 1 amide bonds. The van der Waals surface area contributed by atoms with Gasteiger partial charge in [0.1, 0.15) is 11.3 Å². The van der Waals surface area contributed by atoms with Gasteiger partial charge in [0.25, 0.3) is 5.91 Å². The molecule has 1 atom stereocenters. The third-order valence-electron chi connectivity index (χ3n) is 6.16. The summed E-state index contributed by atoms with van der Waals surface area (Å²) >= 11 is 3.40. The Kier molecular flexibility index (Phi) is 6.31. The van der Waals surface area contributed by atoms with E-state index >= 15 is 0 Å². The Labute approximate surface area is 219 Å². The summed E-state index contributed by atoms with van der Waals surface area (Å²) in [6.07, 6.45) is -0.175. The zero-order valence-electron chi connectivity index (χ0n) is 19.5. The standard InChI is InChI=1S/C28H20BrNO7/c1-36-20-9-4-16(5-10-20)25-24(26(33)22-14-17-13-18(29)6-11-21(17)37-22)27(34)28(35)30(25)19-7-2-15(3-8-19)12-23(31)32/h2-11,13-14,25,34H,12H2,1H3,(H,31,32). The van der Waals surface area contributed by atoms with Gasteiger partial charge in [-0.3, -0.25) is 19.3 Å². The molecule has 0 fully saturated rings. The third-order valence-corrected chi connectivity index (χ3v) is 6.65. The van der Waals surface area contributed by atoms with Crippen molar-refractivity contribution in [2.75, 3.05) is 12.0 Å². The SMILES string of the molecule is COc1ccc(C2C(C(=O)c3cc4cc(Br)ccc4o3)=C(O)C(=O)N2c2ccc(CC(=O)O)cc2)cc1. The van der Waals surface area contributed by atoms with Gasteiger partial charge in [-0.15, -0.1) is 0 Å². The number of hydrogen-bond donors (Lipinski definition) is 2. The molecule has 2 heterocycles. The maximum atomic E-state index is 13.7. The number of anilines is 1. The summed E-state index contributed by atoms with van der Waals surface area (Å²) in [6.45, 7) is 0. The lowest BCUT2D eigenvalue weighted by atomic mass is 9.94. The van der Waals surface area contributed by atoms with Gasteiger partial charge in [0, 0.05) is 15.5 Å². The summed E-state index contributed by atoms with van der Waals surface area (Å²) in [5, 5.41) is 20.7. The fraction of sp³-hybridized carbons (Fsp3) is 0.107. The van der Waals surface area contributed by atoms with E-state index in [1.807, 2.05) is 0 Å². The van der Waals surface area contributed by atoms with Gasteiger partial charge in [-0.2, -0.15) is 0 Å². The minimum atomic E-state index is -0.980. The Bertz CT molecular complexity index is 1570. The van der Waals surface area contributed by atoms with E-state index in [0.717, 1.165) is 4.47 Å². The highest BCUT2D eigenvalue weighted by Crippen LogP contribution is 2.42. The zero-order valence-corrected chi connectivity index (χ0v) is 21.1. The lowest BCUT2D eigenvalue weighted by molar-refractivity contribution is -0.136. The highest BCUT2D eigenvalue weighted by Gasteiger charge is 2.45. The number of nitrogens with zero attached hydrogens (tertiary/aromatic N) is 1. The summed E-state index contributed by atoms with van der Waals surface area (Å²) in [6, 6.07) is 19.1. The number of carbonyl (C=O) groups is 3. The van der Waals surface area contributed by atoms with Crippen LogP contribution in [0.1, 0.15) is 27.7 Å². The lowest BCUT2D eigenvalue weighted by Crippen LogP contribution is -2.31. The number of ketones is 1. The smallest absolute Gasteiger partial charge is 0.307 e. The highest BCUT2D eigenvalue weighted by molar-refractivity contribution is 9.10. The minimum Gasteiger partial charge on any atom is -0.503 e. The van der Waals surface area contributed by atoms with Crippen molar-refractivity contribution >= 4 is 50.2 Å². The van der Waals surface area contributed by atoms with Gasteiger partial charge in [0.15, 0.2) is 11.5 Å². The average molecular weight is 562 g/mol. The molecule has 5 rings (SSSR count). The van der Waals surface area contributed by atoms with Gasteiger partial charge in [0.05, 0.1) is 25.1 Å². The molecule has 186 valence electrons. The molecule has 3 aromatic carbocycles. The summed E-state index contributed by atoms with van der Waals surface area (Å²) in [7, 11) is 1.53. The summed E-state index contributed by atoms with van der Waals surface area (Å²) in [4.78, 5) is 39.5. The molecule has 4 aromatic rings. The van der Waals surface area contributed by atoms with E-state index in [9.17, 15) is 19.5 Å². The molecule has 1 aliphatic heterocycles. The van der Waals surface area contributed by atoms with E-state index in [0.29, 0.717) is 33.5 Å². The van der Waals surface area contributed by atoms with Crippen LogP contribution in [0.25, 0.3) is 11.0 Å². The second-order valence-electron chi connectivity index (χ2n) is 8.47. The first-order chi connectivity index (χ1) is 17.8. The number of fused-ring (bicyclic) bond motifs is 1. The first-order valence-corrected chi connectivity index (χ1v) is 12.0. The van der Waals surface area contributed by atoms with Crippen LogP contribution in [-0.4, -0.2) is 35.0 Å². The number of rotatable bonds is 7. The number of halogens is 1. The van der Waals surface area contributed by atoms with Crippen molar-refractivity contribution in [2.24, 2.45) is 0 Å². The number of Topliss-reactive ketones (excluding diaryl/α,β-unsaturated/α-hetero) is 1. The summed E-state index contributed by atoms with van der Waals surface area (Å²) in [5.41, 5.74) is 1.87. The van der Waals surface area contributed by atoms with E-state index in [1.54, 1.807) is 72.8 Å². The highest BCUT2D eigenvalue weighted by atomic mass is 79.9. The fourth-order valence-electron chi connectivity index (χ4n) is 4.41. The molecule has 0 bridgehead atoms. The zero-order chi connectivity index (χ0) is 26.3. The lowest BCUT2D eigenvalue weighted by Gasteiger charge is -2.27. The Morgan fingerprint density at radius 2 is 1.73 bits per heavy atom. The molecule has 0 aliphatic carbocycles. The Balaban J connectivity index is 1.60. The monoisotopic (exact) mass is 561 g/mol. The number of ether oxygens (including phenoxy) is 1. The first kappa shape index (κ1) is 24.3. The topological polar surface area (TPSA) is 117 Å². The van der Waals surface area contributed by atoms with Gasteiger partial charge < -0.3 is 19.4 Å². The molecular formula is C28H20BrNO7. The van der Waals surface area contributed by atoms with Crippen LogP contribution in [0.4, 0.5) is 5.69 Å². The molecule has 2 N–H and O–H groups in total. The molecule has 1 aliphatic rings. The fourth-order valence-corrected chi connectivity index (χ4v) is 4.79. The van der Waals surface area contributed by atoms with E-state index in [4.69, 9.17) is 14.3 Å². The third kappa shape index (κ3) is 4.49. The van der Waals surface area contributed by atoms with Crippen LogP contribution in [0, 0.1) is 0 Å². The van der Waals surface area contributed by atoms with Crippen LogP contribution >= 0.6 is 15.9 Å². The van der Waals surface area contributed by atoms with Crippen molar-refractivity contribution in [3.63, 3.8) is 0 Å². The van der Waals surface area contributed by atoms with Gasteiger partial charge in [-0.05, 0) is 59.7 Å². The minimum absolute atomic E-state index is 0.0142. The quantitative estimate of drug-likeness (QED) is 0.281. The van der Waals surface area contributed by atoms with Crippen LogP contribution in [0.5, 0.6) is 5.75 Å². The van der Waals surface area contributed by atoms with Crippen molar-refractivity contribution in [2.45, 2.75) is 12.5 Å². The second kappa shape index (κ2) is 9.59. The van der Waals surface area contributed by atoms with Crippen molar-refractivity contribution < 1.29 is 33.8 Å². The van der Waals surface area contributed by atoms with Gasteiger partial charge in [-0.1, -0.05) is 40.2 Å². The van der Waals surface area contributed by atoms with Crippen molar-refractivity contribution in [3.05, 3.63) is 105 Å². The number of aliphatic carboxylic acids is 1. The van der Waals surface area contributed by atoms with E-state index in [1.165, 1.54) is 12.0 Å². The molecule has 1 unspecified atom stereocenters. The number of carboxylic acid groups (broad SMARTS) is 1. The molecule has 0 saturated carbocycles. The number of methoxy groups -OCH3 is 1. The number of furan rings is 1. The van der Waals surface area contributed by atoms with Crippen LogP contribution in [-0.2, 0) is 16.0 Å². The number of aliphatic hydroxyl groups is 1. The van der Waals surface area contributed by atoms with Crippen LogP contribution in [0.15, 0.2) is 93.0 Å². The Morgan fingerprint density at radius 1 is 1.03 bits per heavy atom. The summed E-state index contributed by atoms with van der Waals surface area (Å²) in [5.74, 6) is -2.47. The molecule has 8 nitrogen and oxygen atoms in total. The maximum absolute atomic E-state index is 13.7. The van der Waals surface area contributed by atoms with Crippen molar-refractivity contribution in [1.29, 1.82) is 0 Å². The van der Waals surface area contributed by atoms with Crippen molar-refractivity contribution in [1.82, 2.24) is 0 Å². The van der Waals surface area contributed by atoms with Gasteiger partial charge >= 0.3 is 5.97 Å². The predicted octanol–water partition coefficient (Wildman–Crippen LogP) is 5.61. The molecule has 1 aromatic heterocycles. The Morgan fingerprint density at radius 3 is 2.38 bits per heavy atom. The van der Waals surface area contributed by atoms with Gasteiger partial charge in [0.2, 0.25) is 5.78 Å². The predicted molar refractivity (Wildman–Crippen MR) is 139 cm³/mol. The molecule has 9 heteroatoms. The molecule has 37 heavy (non-hydrogen) atoms. The second-order valence-corrected chi connectivity index (χ2v) is 9.39. The van der Waals surface area contributed by atoms with Crippen LogP contribution in [0.3, 0.4) is 0 Å². The average Bonchev–Trinajstić information content (AvgIpc) is 3.42. The molecule has 0 saturated heterocycles. The van der Waals surface area contributed by atoms with E-state index in [-0.39, 0.29) is 17.8 Å². The molecule has 0 radical (unpaired) electrons. The number of hydrogen-bond acceptors (Lipinski definition) is 6. The number of benzene rings is 3. The van der Waals surface area contributed by atoms with Gasteiger partial charge in [-0.25, -0.2) is 0 Å². The first-order valence-electron chi connectivity index (χ1n) is 11.2. The van der Waals surface area contributed by atoms with E-state index < -0.39 is 29.5 Å². The van der Waals surface area contributed by atoms with Crippen LogP contribution < -0.4 is 9.64 Å². The number of aliphatic hydroxyl groups excluding tert-OH is 1. The number of carbonyl (C=O) groups excluding carboxylic acids is 2. The Hall–Kier alpha value is -4.37. The number of carboxylic acids is 1. The normalized spacial score (nSPS) is 15.5.